The molecular formula is C18H28ClNO. The first-order valence-corrected chi connectivity index (χ1v) is 8.37. The monoisotopic (exact) mass is 309 g/mol. The third-order valence-corrected chi connectivity index (χ3v) is 4.34. The van der Waals surface area contributed by atoms with Crippen LogP contribution in [0.2, 0.25) is 5.02 Å². The standard InChI is InChI=1S/C18H28ClNO/c1-13-5-10-17(21-13)11-15(12-20-18(2,3)4)14-6-8-16(19)9-7-14/h6-9,13,15,17,20H,5,10-12H2,1-4H3. The van der Waals surface area contributed by atoms with Crippen molar-refractivity contribution in [1.82, 2.24) is 5.32 Å². The maximum Gasteiger partial charge on any atom is 0.0586 e. The molecule has 2 nitrogen and oxygen atoms in total. The number of ether oxygens (including phenoxy) is 1. The van der Waals surface area contributed by atoms with Crippen LogP contribution in [0.15, 0.2) is 24.3 Å². The van der Waals surface area contributed by atoms with Gasteiger partial charge >= 0.3 is 0 Å². The van der Waals surface area contributed by atoms with Gasteiger partial charge in [-0.05, 0) is 70.6 Å². The second kappa shape index (κ2) is 7.13. The van der Waals surface area contributed by atoms with Crippen molar-refractivity contribution in [1.29, 1.82) is 0 Å². The maximum absolute atomic E-state index is 6.02. The van der Waals surface area contributed by atoms with Gasteiger partial charge in [-0.2, -0.15) is 0 Å². The summed E-state index contributed by atoms with van der Waals surface area (Å²) >= 11 is 6.02. The van der Waals surface area contributed by atoms with Gasteiger partial charge in [-0.25, -0.2) is 0 Å². The molecule has 0 bridgehead atoms. The summed E-state index contributed by atoms with van der Waals surface area (Å²) in [6, 6.07) is 8.27. The summed E-state index contributed by atoms with van der Waals surface area (Å²) < 4.78 is 6.02. The lowest BCUT2D eigenvalue weighted by molar-refractivity contribution is 0.0462. The van der Waals surface area contributed by atoms with Crippen LogP contribution in [0.1, 0.15) is 58.4 Å². The van der Waals surface area contributed by atoms with Gasteiger partial charge in [0, 0.05) is 17.1 Å². The van der Waals surface area contributed by atoms with Crippen molar-refractivity contribution in [2.45, 2.75) is 70.6 Å². The zero-order valence-corrected chi connectivity index (χ0v) is 14.4. The predicted molar refractivity (Wildman–Crippen MR) is 90.1 cm³/mol. The van der Waals surface area contributed by atoms with Crippen molar-refractivity contribution in [2.75, 3.05) is 6.54 Å². The normalized spacial score (nSPS) is 24.2. The molecule has 118 valence electrons. The molecule has 1 aliphatic rings. The topological polar surface area (TPSA) is 21.3 Å². The minimum Gasteiger partial charge on any atom is -0.375 e. The first kappa shape index (κ1) is 16.8. The first-order chi connectivity index (χ1) is 9.83. The molecule has 0 saturated carbocycles. The van der Waals surface area contributed by atoms with Gasteiger partial charge in [0.05, 0.1) is 12.2 Å². The Balaban J connectivity index is 2.04. The molecule has 1 heterocycles. The summed E-state index contributed by atoms with van der Waals surface area (Å²) in [6.45, 7) is 9.77. The highest BCUT2D eigenvalue weighted by molar-refractivity contribution is 6.30. The van der Waals surface area contributed by atoms with E-state index in [0.29, 0.717) is 18.1 Å². The molecule has 0 radical (unpaired) electrons. The lowest BCUT2D eigenvalue weighted by Crippen LogP contribution is -2.39. The second-order valence-corrected chi connectivity index (χ2v) is 7.70. The van der Waals surface area contributed by atoms with Crippen LogP contribution in [0.3, 0.4) is 0 Å². The zero-order valence-electron chi connectivity index (χ0n) is 13.7. The molecule has 1 saturated heterocycles. The smallest absolute Gasteiger partial charge is 0.0586 e. The van der Waals surface area contributed by atoms with Crippen molar-refractivity contribution < 1.29 is 4.74 Å². The van der Waals surface area contributed by atoms with E-state index in [1.165, 1.54) is 18.4 Å². The van der Waals surface area contributed by atoms with Gasteiger partial charge < -0.3 is 10.1 Å². The minimum atomic E-state index is 0.133. The molecule has 21 heavy (non-hydrogen) atoms. The van der Waals surface area contributed by atoms with Gasteiger partial charge in [0.25, 0.3) is 0 Å². The molecule has 3 unspecified atom stereocenters. The summed E-state index contributed by atoms with van der Waals surface area (Å²) in [6.07, 6.45) is 4.25. The largest absolute Gasteiger partial charge is 0.375 e. The van der Waals surface area contributed by atoms with Crippen LogP contribution in [0, 0.1) is 0 Å². The quantitative estimate of drug-likeness (QED) is 0.846. The Hall–Kier alpha value is -0.570. The van der Waals surface area contributed by atoms with Crippen molar-refractivity contribution in [3.8, 4) is 0 Å². The Morgan fingerprint density at radius 3 is 2.43 bits per heavy atom. The van der Waals surface area contributed by atoms with E-state index >= 15 is 0 Å². The predicted octanol–water partition coefficient (Wildman–Crippen LogP) is 4.77. The summed E-state index contributed by atoms with van der Waals surface area (Å²) in [4.78, 5) is 0. The molecule has 1 fully saturated rings. The van der Waals surface area contributed by atoms with Crippen molar-refractivity contribution in [2.24, 2.45) is 0 Å². The molecule has 0 aromatic heterocycles. The Bertz CT molecular complexity index is 438. The van der Waals surface area contributed by atoms with E-state index < -0.39 is 0 Å². The molecule has 2 rings (SSSR count). The van der Waals surface area contributed by atoms with Gasteiger partial charge in [-0.3, -0.25) is 0 Å². The Labute approximate surface area is 134 Å². The molecule has 3 heteroatoms. The fourth-order valence-electron chi connectivity index (χ4n) is 2.88. The number of hydrogen-bond donors (Lipinski definition) is 1. The number of hydrogen-bond acceptors (Lipinski definition) is 2. The number of nitrogens with one attached hydrogen (secondary N) is 1. The molecule has 0 spiro atoms. The molecule has 1 aromatic carbocycles. The van der Waals surface area contributed by atoms with Crippen LogP contribution < -0.4 is 5.32 Å². The molecule has 1 aromatic rings. The van der Waals surface area contributed by atoms with E-state index in [1.807, 2.05) is 12.1 Å². The number of rotatable bonds is 5. The SMILES string of the molecule is CC1CCC(CC(CNC(C)(C)C)c2ccc(Cl)cc2)O1. The van der Waals surface area contributed by atoms with Crippen molar-refractivity contribution in [3.63, 3.8) is 0 Å². The van der Waals surface area contributed by atoms with Crippen LogP contribution in [0.4, 0.5) is 0 Å². The fourth-order valence-corrected chi connectivity index (χ4v) is 3.00. The summed E-state index contributed by atoms with van der Waals surface area (Å²) in [5.74, 6) is 0.469. The lowest BCUT2D eigenvalue weighted by Gasteiger charge is -2.27. The van der Waals surface area contributed by atoms with Gasteiger partial charge in [0.1, 0.15) is 0 Å². The van der Waals surface area contributed by atoms with Gasteiger partial charge in [-0.1, -0.05) is 23.7 Å². The van der Waals surface area contributed by atoms with E-state index in [-0.39, 0.29) is 5.54 Å². The first-order valence-electron chi connectivity index (χ1n) is 7.99. The molecular weight excluding hydrogens is 282 g/mol. The Morgan fingerprint density at radius 2 is 1.90 bits per heavy atom. The van der Waals surface area contributed by atoms with Crippen LogP contribution in [-0.4, -0.2) is 24.3 Å². The lowest BCUT2D eigenvalue weighted by atomic mass is 9.91. The highest BCUT2D eigenvalue weighted by Gasteiger charge is 2.26. The van der Waals surface area contributed by atoms with Gasteiger partial charge in [0.2, 0.25) is 0 Å². The summed E-state index contributed by atoms with van der Waals surface area (Å²) in [5.41, 5.74) is 1.48. The molecule has 1 N–H and O–H groups in total. The Kier molecular flexibility index (Phi) is 5.70. The highest BCUT2D eigenvalue weighted by Crippen LogP contribution is 2.30. The van der Waals surface area contributed by atoms with E-state index in [0.717, 1.165) is 18.0 Å². The molecule has 0 aliphatic carbocycles. The van der Waals surface area contributed by atoms with E-state index in [4.69, 9.17) is 16.3 Å². The average molecular weight is 310 g/mol. The molecule has 3 atom stereocenters. The molecule has 0 amide bonds. The van der Waals surface area contributed by atoms with E-state index in [1.54, 1.807) is 0 Å². The summed E-state index contributed by atoms with van der Waals surface area (Å²) in [5, 5.41) is 4.43. The fraction of sp³-hybridized carbons (Fsp3) is 0.667. The maximum atomic E-state index is 6.02. The third-order valence-electron chi connectivity index (χ3n) is 4.09. The minimum absolute atomic E-state index is 0.133. The van der Waals surface area contributed by atoms with Crippen LogP contribution in [0.5, 0.6) is 0 Å². The van der Waals surface area contributed by atoms with E-state index in [2.05, 4.69) is 45.1 Å². The second-order valence-electron chi connectivity index (χ2n) is 7.26. The molecule has 1 aliphatic heterocycles. The van der Waals surface area contributed by atoms with Crippen molar-refractivity contribution >= 4 is 11.6 Å². The van der Waals surface area contributed by atoms with Gasteiger partial charge in [0.15, 0.2) is 0 Å². The van der Waals surface area contributed by atoms with Crippen molar-refractivity contribution in [3.05, 3.63) is 34.9 Å². The highest BCUT2D eigenvalue weighted by atomic mass is 35.5. The van der Waals surface area contributed by atoms with Crippen LogP contribution in [0.25, 0.3) is 0 Å². The summed E-state index contributed by atoms with van der Waals surface area (Å²) in [7, 11) is 0. The van der Waals surface area contributed by atoms with Crippen LogP contribution >= 0.6 is 11.6 Å². The van der Waals surface area contributed by atoms with E-state index in [9.17, 15) is 0 Å². The Morgan fingerprint density at radius 1 is 1.24 bits per heavy atom. The number of benzene rings is 1. The average Bonchev–Trinajstić information content (AvgIpc) is 2.80. The van der Waals surface area contributed by atoms with Crippen LogP contribution in [-0.2, 0) is 4.74 Å². The number of halogens is 1. The van der Waals surface area contributed by atoms with Gasteiger partial charge in [-0.15, -0.1) is 0 Å². The zero-order chi connectivity index (χ0) is 15.5. The third kappa shape index (κ3) is 5.61.